The molecule has 2 heterocycles. The standard InChI is InChI=1S/C35H63N5O5/c1-24(2)29(23-26(5)33(44)40-21-16-18-27(40)31(42)36-19-13-10-11-15-22-41)38(9)34(45)30(35(6,7)8)37-32(43)28-17-12-14-20-39(28)25(3)4/h23-25,27-30,41H,10-22H2,1-9H3,(H,36,42)(H,37,43)/t27-,28+,29+,30+/m0/s1. The number of aliphatic hydroxyl groups is 1. The first-order valence-electron chi connectivity index (χ1n) is 17.3. The van der Waals surface area contributed by atoms with Crippen LogP contribution in [0, 0.1) is 11.3 Å². The summed E-state index contributed by atoms with van der Waals surface area (Å²) in [7, 11) is 1.75. The summed E-state index contributed by atoms with van der Waals surface area (Å²) in [4.78, 5) is 59.9. The highest BCUT2D eigenvalue weighted by atomic mass is 16.3. The molecular weight excluding hydrogens is 570 g/mol. The SMILES string of the molecule is CC(=C[C@H](C(C)C)N(C)C(=O)[C@@H](NC(=O)[C@H]1CCCCN1C(C)C)C(C)(C)C)C(=O)N1CCC[C@H]1C(=O)NCCCCCCO. The minimum atomic E-state index is -0.730. The normalized spacial score (nSPS) is 21.2. The summed E-state index contributed by atoms with van der Waals surface area (Å²) >= 11 is 0. The molecule has 0 unspecified atom stereocenters. The number of likely N-dealkylation sites (N-methyl/N-ethyl adjacent to an activating group) is 1. The first kappa shape index (κ1) is 38.7. The van der Waals surface area contributed by atoms with Crippen molar-refractivity contribution in [3.8, 4) is 0 Å². The van der Waals surface area contributed by atoms with Crippen LogP contribution in [0.1, 0.15) is 113 Å². The van der Waals surface area contributed by atoms with Crippen LogP contribution >= 0.6 is 0 Å². The predicted molar refractivity (Wildman–Crippen MR) is 179 cm³/mol. The molecule has 0 aliphatic carbocycles. The Hall–Kier alpha value is -2.46. The summed E-state index contributed by atoms with van der Waals surface area (Å²) in [6.07, 6.45) is 9.57. The van der Waals surface area contributed by atoms with E-state index in [0.717, 1.165) is 57.9 Å². The fourth-order valence-electron chi connectivity index (χ4n) is 6.60. The van der Waals surface area contributed by atoms with E-state index in [1.54, 1.807) is 23.8 Å². The van der Waals surface area contributed by atoms with Gasteiger partial charge in [-0.2, -0.15) is 0 Å². The van der Waals surface area contributed by atoms with Gasteiger partial charge >= 0.3 is 0 Å². The first-order chi connectivity index (χ1) is 21.1. The molecule has 3 N–H and O–H groups in total. The molecule has 2 fully saturated rings. The zero-order valence-corrected chi connectivity index (χ0v) is 29.7. The molecule has 4 amide bonds. The van der Waals surface area contributed by atoms with E-state index >= 15 is 0 Å². The van der Waals surface area contributed by atoms with Crippen molar-refractivity contribution in [1.29, 1.82) is 0 Å². The molecule has 0 radical (unpaired) electrons. The highest BCUT2D eigenvalue weighted by Crippen LogP contribution is 2.27. The van der Waals surface area contributed by atoms with E-state index in [9.17, 15) is 19.2 Å². The van der Waals surface area contributed by atoms with E-state index < -0.39 is 17.5 Å². The average molecular weight is 634 g/mol. The number of hydrogen-bond acceptors (Lipinski definition) is 6. The molecule has 2 aliphatic rings. The number of unbranched alkanes of at least 4 members (excludes halogenated alkanes) is 3. The predicted octanol–water partition coefficient (Wildman–Crippen LogP) is 3.87. The van der Waals surface area contributed by atoms with Crippen molar-refractivity contribution < 1.29 is 24.3 Å². The quantitative estimate of drug-likeness (QED) is 0.186. The fraction of sp³-hybridized carbons (Fsp3) is 0.829. The van der Waals surface area contributed by atoms with E-state index in [4.69, 9.17) is 5.11 Å². The summed E-state index contributed by atoms with van der Waals surface area (Å²) in [5, 5.41) is 15.1. The van der Waals surface area contributed by atoms with Crippen molar-refractivity contribution in [3.05, 3.63) is 11.6 Å². The molecule has 0 spiro atoms. The van der Waals surface area contributed by atoms with Gasteiger partial charge in [-0.05, 0) is 77.2 Å². The first-order valence-corrected chi connectivity index (χ1v) is 17.3. The Bertz CT molecular complexity index is 1020. The number of nitrogens with one attached hydrogen (secondary N) is 2. The number of rotatable bonds is 15. The van der Waals surface area contributed by atoms with Crippen LogP contribution in [-0.4, -0.2) is 107 Å². The van der Waals surface area contributed by atoms with E-state index in [1.165, 1.54) is 0 Å². The Kier molecular flexibility index (Phi) is 15.5. The second kappa shape index (κ2) is 18.0. The molecule has 0 aromatic rings. The Morgan fingerprint density at radius 2 is 1.56 bits per heavy atom. The summed E-state index contributed by atoms with van der Waals surface area (Å²) in [6, 6.07) is -1.61. The molecular formula is C35H63N5O5. The maximum Gasteiger partial charge on any atom is 0.249 e. The van der Waals surface area contributed by atoms with Crippen molar-refractivity contribution in [2.75, 3.05) is 33.3 Å². The second-order valence-corrected chi connectivity index (χ2v) is 14.8. The number of carbonyl (C=O) groups is 4. The molecule has 258 valence electrons. The van der Waals surface area contributed by atoms with Gasteiger partial charge in [0.2, 0.25) is 23.6 Å². The van der Waals surface area contributed by atoms with Gasteiger partial charge < -0.3 is 25.5 Å². The van der Waals surface area contributed by atoms with Crippen LogP contribution in [0.15, 0.2) is 11.6 Å². The van der Waals surface area contributed by atoms with Crippen molar-refractivity contribution in [2.24, 2.45) is 11.3 Å². The van der Waals surface area contributed by atoms with Crippen LogP contribution in [0.5, 0.6) is 0 Å². The number of piperidine rings is 1. The molecule has 0 bridgehead atoms. The molecule has 45 heavy (non-hydrogen) atoms. The molecule has 4 atom stereocenters. The largest absolute Gasteiger partial charge is 0.396 e. The van der Waals surface area contributed by atoms with Gasteiger partial charge in [-0.25, -0.2) is 0 Å². The van der Waals surface area contributed by atoms with Gasteiger partial charge in [-0.1, -0.05) is 60.0 Å². The monoisotopic (exact) mass is 633 g/mol. The average Bonchev–Trinajstić information content (AvgIpc) is 3.48. The maximum absolute atomic E-state index is 14.1. The Morgan fingerprint density at radius 3 is 2.16 bits per heavy atom. The molecule has 2 rings (SSSR count). The second-order valence-electron chi connectivity index (χ2n) is 14.8. The van der Waals surface area contributed by atoms with E-state index in [0.29, 0.717) is 25.1 Å². The van der Waals surface area contributed by atoms with E-state index in [1.807, 2.05) is 40.7 Å². The lowest BCUT2D eigenvalue weighted by Crippen LogP contribution is -2.60. The van der Waals surface area contributed by atoms with E-state index in [-0.39, 0.29) is 54.3 Å². The van der Waals surface area contributed by atoms with Crippen molar-refractivity contribution in [2.45, 2.75) is 143 Å². The summed E-state index contributed by atoms with van der Waals surface area (Å²) in [5.74, 6) is -0.585. The lowest BCUT2D eigenvalue weighted by molar-refractivity contribution is -0.142. The van der Waals surface area contributed by atoms with Gasteiger partial charge in [0.1, 0.15) is 12.1 Å². The van der Waals surface area contributed by atoms with Crippen molar-refractivity contribution >= 4 is 23.6 Å². The van der Waals surface area contributed by atoms with Crippen molar-refractivity contribution in [1.82, 2.24) is 25.3 Å². The summed E-state index contributed by atoms with van der Waals surface area (Å²) < 4.78 is 0. The zero-order chi connectivity index (χ0) is 33.9. The number of aliphatic hydroxyl groups excluding tert-OH is 1. The van der Waals surface area contributed by atoms with Gasteiger partial charge in [0.05, 0.1) is 12.1 Å². The summed E-state index contributed by atoms with van der Waals surface area (Å²) in [5.41, 5.74) is -0.0215. The van der Waals surface area contributed by atoms with E-state index in [2.05, 4.69) is 29.4 Å². The maximum atomic E-state index is 14.1. The Labute approximate surface area is 272 Å². The minimum absolute atomic E-state index is 0.0105. The molecule has 10 nitrogen and oxygen atoms in total. The third kappa shape index (κ3) is 11.1. The van der Waals surface area contributed by atoms with Crippen LogP contribution < -0.4 is 10.6 Å². The van der Waals surface area contributed by atoms with Crippen LogP contribution in [0.2, 0.25) is 0 Å². The molecule has 0 aromatic carbocycles. The van der Waals surface area contributed by atoms with Gasteiger partial charge in [0, 0.05) is 38.4 Å². The Morgan fingerprint density at radius 1 is 0.911 bits per heavy atom. The van der Waals surface area contributed by atoms with Gasteiger partial charge in [-0.15, -0.1) is 0 Å². The highest BCUT2D eigenvalue weighted by molar-refractivity contribution is 5.97. The molecule has 10 heteroatoms. The zero-order valence-electron chi connectivity index (χ0n) is 29.7. The number of likely N-dealkylation sites (tertiary alicyclic amines) is 2. The minimum Gasteiger partial charge on any atom is -0.396 e. The third-order valence-corrected chi connectivity index (χ3v) is 9.35. The Balaban J connectivity index is 2.16. The van der Waals surface area contributed by atoms with Gasteiger partial charge in [0.15, 0.2) is 0 Å². The van der Waals surface area contributed by atoms with Crippen LogP contribution in [0.25, 0.3) is 0 Å². The molecule has 0 saturated carbocycles. The number of nitrogens with zero attached hydrogens (tertiary/aromatic N) is 3. The number of carbonyl (C=O) groups excluding carboxylic acids is 4. The van der Waals surface area contributed by atoms with Crippen LogP contribution in [0.4, 0.5) is 0 Å². The molecule has 2 saturated heterocycles. The third-order valence-electron chi connectivity index (χ3n) is 9.35. The van der Waals surface area contributed by atoms with Crippen molar-refractivity contribution in [3.63, 3.8) is 0 Å². The fourth-order valence-corrected chi connectivity index (χ4v) is 6.60. The van der Waals surface area contributed by atoms with Crippen LogP contribution in [0.3, 0.4) is 0 Å². The van der Waals surface area contributed by atoms with Gasteiger partial charge in [0.25, 0.3) is 0 Å². The smallest absolute Gasteiger partial charge is 0.249 e. The highest BCUT2D eigenvalue weighted by Gasteiger charge is 2.40. The lowest BCUT2D eigenvalue weighted by atomic mass is 9.84. The van der Waals surface area contributed by atoms with Crippen LogP contribution in [-0.2, 0) is 19.2 Å². The lowest BCUT2D eigenvalue weighted by Gasteiger charge is -2.41. The number of hydrogen-bond donors (Lipinski definition) is 3. The topological polar surface area (TPSA) is 122 Å². The summed E-state index contributed by atoms with van der Waals surface area (Å²) in [6.45, 7) is 18.0. The molecule has 2 aliphatic heterocycles. The number of amides is 4. The van der Waals surface area contributed by atoms with Gasteiger partial charge in [-0.3, -0.25) is 24.1 Å². The molecule has 0 aromatic heterocycles.